The summed E-state index contributed by atoms with van der Waals surface area (Å²) in [5.41, 5.74) is 2.75. The van der Waals surface area contributed by atoms with Gasteiger partial charge in [-0.15, -0.1) is 0 Å². The Kier molecular flexibility index (Phi) is 7.29. The molecule has 0 saturated carbocycles. The van der Waals surface area contributed by atoms with Crippen molar-refractivity contribution in [3.8, 4) is 0 Å². The number of nitrogens with one attached hydrogen (secondary N) is 1. The molecule has 0 aliphatic carbocycles. The molecule has 2 aromatic carbocycles. The molecule has 1 saturated heterocycles. The first-order valence-electron chi connectivity index (χ1n) is 12.1. The molecule has 0 bridgehead atoms. The van der Waals surface area contributed by atoms with E-state index in [-0.39, 0.29) is 22.7 Å². The number of fused-ring (bicyclic) bond motifs is 1. The summed E-state index contributed by atoms with van der Waals surface area (Å²) in [6.45, 7) is 14.4. The molecule has 1 N–H and O–H groups in total. The number of amides is 1. The van der Waals surface area contributed by atoms with Crippen molar-refractivity contribution >= 4 is 43.3 Å². The molecule has 2 aromatic rings. The van der Waals surface area contributed by atoms with Gasteiger partial charge in [-0.25, -0.2) is 0 Å². The maximum Gasteiger partial charge on any atom is 0.224 e. The van der Waals surface area contributed by atoms with Crippen molar-refractivity contribution in [3.63, 3.8) is 0 Å². The van der Waals surface area contributed by atoms with Crippen LogP contribution in [0.2, 0.25) is 23.2 Å². The van der Waals surface area contributed by atoms with Gasteiger partial charge in [-0.3, -0.25) is 4.79 Å². The van der Waals surface area contributed by atoms with Crippen molar-refractivity contribution in [3.05, 3.63) is 52.5 Å². The highest BCUT2D eigenvalue weighted by Gasteiger charge is 2.47. The average Bonchev–Trinajstić information content (AvgIpc) is 2.73. The average molecular weight is 518 g/mol. The van der Waals surface area contributed by atoms with Crippen LogP contribution in [0, 0.1) is 0 Å². The molecule has 7 heteroatoms. The van der Waals surface area contributed by atoms with Crippen LogP contribution in [0.4, 0.5) is 5.69 Å². The fourth-order valence-electron chi connectivity index (χ4n) is 4.57. The zero-order valence-electron chi connectivity index (χ0n) is 21.1. The predicted molar refractivity (Wildman–Crippen MR) is 144 cm³/mol. The highest BCUT2D eigenvalue weighted by Crippen LogP contribution is 2.47. The molecule has 2 aliphatic heterocycles. The van der Waals surface area contributed by atoms with E-state index in [1.54, 1.807) is 11.8 Å². The van der Waals surface area contributed by atoms with Gasteiger partial charge in [0.1, 0.15) is 0 Å². The summed E-state index contributed by atoms with van der Waals surface area (Å²) in [6.07, 6.45) is 3.10. The summed E-state index contributed by atoms with van der Waals surface area (Å²) < 4.78 is 13.1. The van der Waals surface area contributed by atoms with Crippen molar-refractivity contribution in [1.29, 1.82) is 0 Å². The van der Waals surface area contributed by atoms with Gasteiger partial charge in [0.25, 0.3) is 0 Å². The van der Waals surface area contributed by atoms with E-state index in [0.717, 1.165) is 40.3 Å². The summed E-state index contributed by atoms with van der Waals surface area (Å²) in [7, 11) is -2.01. The molecule has 2 aliphatic rings. The van der Waals surface area contributed by atoms with Gasteiger partial charge in [0.15, 0.2) is 8.32 Å². The van der Waals surface area contributed by atoms with Crippen molar-refractivity contribution < 1.29 is 14.0 Å². The molecule has 0 spiro atoms. The largest absolute Gasteiger partial charge is 0.407 e. The quantitative estimate of drug-likeness (QED) is 0.411. The van der Waals surface area contributed by atoms with Crippen LogP contribution in [0.15, 0.2) is 46.2 Å². The lowest BCUT2D eigenvalue weighted by atomic mass is 9.84. The van der Waals surface area contributed by atoms with E-state index in [0.29, 0.717) is 18.1 Å². The smallest absolute Gasteiger partial charge is 0.224 e. The minimum atomic E-state index is -2.01. The molecule has 184 valence electrons. The second-order valence-corrected chi connectivity index (χ2v) is 17.4. The maximum atomic E-state index is 11.8. The van der Waals surface area contributed by atoms with Crippen LogP contribution in [0.5, 0.6) is 0 Å². The molecule has 0 radical (unpaired) electrons. The van der Waals surface area contributed by atoms with Gasteiger partial charge < -0.3 is 14.5 Å². The number of carbonyl (C=O) groups excluding carboxylic acids is 1. The van der Waals surface area contributed by atoms with E-state index in [4.69, 9.17) is 20.8 Å². The Hall–Kier alpha value is -1.31. The molecule has 4 rings (SSSR count). The monoisotopic (exact) mass is 517 g/mol. The topological polar surface area (TPSA) is 47.6 Å². The van der Waals surface area contributed by atoms with Crippen molar-refractivity contribution in [2.24, 2.45) is 0 Å². The Morgan fingerprint density at radius 3 is 2.65 bits per heavy atom. The lowest BCUT2D eigenvalue weighted by Crippen LogP contribution is -2.51. The summed E-state index contributed by atoms with van der Waals surface area (Å²) in [5.74, 6) is 0.0280. The standard InChI is InChI=1S/C27H36ClNO3SSi/c1-18-17-27(12-13-31-18,32-34(5,6)26(2,3)4)20-8-7-9-21(15-20)33-22-14-19-10-11-24(30)29-25(19)23(28)16-22/h7-9,14-16,18H,10-13,17H2,1-6H3,(H,29,30)/t18-,27+/m0/s1. The second kappa shape index (κ2) is 9.62. The van der Waals surface area contributed by atoms with Crippen LogP contribution in [0.1, 0.15) is 58.1 Å². The third kappa shape index (κ3) is 5.41. The van der Waals surface area contributed by atoms with Gasteiger partial charge in [0.05, 0.1) is 22.4 Å². The van der Waals surface area contributed by atoms with E-state index < -0.39 is 8.32 Å². The van der Waals surface area contributed by atoms with Crippen LogP contribution in [-0.4, -0.2) is 26.9 Å². The van der Waals surface area contributed by atoms with Crippen LogP contribution >= 0.6 is 23.4 Å². The summed E-state index contributed by atoms with van der Waals surface area (Å²) >= 11 is 8.23. The Balaban J connectivity index is 1.66. The number of ether oxygens (including phenoxy) is 1. The lowest BCUT2D eigenvalue weighted by molar-refractivity contribution is -0.116. The van der Waals surface area contributed by atoms with Gasteiger partial charge in [0, 0.05) is 35.7 Å². The molecule has 2 atom stereocenters. The van der Waals surface area contributed by atoms with Gasteiger partial charge >= 0.3 is 0 Å². The van der Waals surface area contributed by atoms with Crippen LogP contribution < -0.4 is 5.32 Å². The summed E-state index contributed by atoms with van der Waals surface area (Å²) in [4.78, 5) is 14.0. The number of anilines is 1. The van der Waals surface area contributed by atoms with Crippen molar-refractivity contribution in [2.75, 3.05) is 11.9 Å². The Labute approximate surface area is 214 Å². The second-order valence-electron chi connectivity index (χ2n) is 11.1. The highest BCUT2D eigenvalue weighted by atomic mass is 35.5. The van der Waals surface area contributed by atoms with E-state index >= 15 is 0 Å². The SMILES string of the molecule is C[C@H]1C[C@@](O[Si](C)(C)C(C)(C)C)(c2cccc(Sc3cc(Cl)c4c(c3)CCC(=O)N4)c2)CCO1. The third-order valence-corrected chi connectivity index (χ3v) is 13.2. The van der Waals surface area contributed by atoms with E-state index in [9.17, 15) is 4.79 Å². The zero-order chi connectivity index (χ0) is 24.7. The fourth-order valence-corrected chi connectivity index (χ4v) is 7.49. The molecule has 1 amide bonds. The molecular weight excluding hydrogens is 482 g/mol. The lowest BCUT2D eigenvalue weighted by Gasteiger charge is -2.49. The van der Waals surface area contributed by atoms with Crippen LogP contribution in [-0.2, 0) is 26.0 Å². The van der Waals surface area contributed by atoms with E-state index in [1.165, 1.54) is 5.56 Å². The number of rotatable bonds is 5. The normalized spacial score (nSPS) is 23.4. The van der Waals surface area contributed by atoms with Gasteiger partial charge in [-0.05, 0) is 66.9 Å². The van der Waals surface area contributed by atoms with Gasteiger partial charge in [-0.2, -0.15) is 0 Å². The van der Waals surface area contributed by atoms with Crippen LogP contribution in [0.25, 0.3) is 0 Å². The van der Waals surface area contributed by atoms with E-state index in [1.807, 2.05) is 6.07 Å². The number of carbonyl (C=O) groups is 1. The van der Waals surface area contributed by atoms with Crippen LogP contribution in [0.3, 0.4) is 0 Å². The Morgan fingerprint density at radius 1 is 1.18 bits per heavy atom. The minimum Gasteiger partial charge on any atom is -0.407 e. The first-order valence-corrected chi connectivity index (χ1v) is 16.2. The number of hydrogen-bond donors (Lipinski definition) is 1. The van der Waals surface area contributed by atoms with Gasteiger partial charge in [-0.1, -0.05) is 56.3 Å². The Bertz CT molecular complexity index is 1080. The molecular formula is C27H36ClNO3SSi. The highest BCUT2D eigenvalue weighted by molar-refractivity contribution is 7.99. The number of benzene rings is 2. The molecule has 2 heterocycles. The molecule has 34 heavy (non-hydrogen) atoms. The molecule has 4 nitrogen and oxygen atoms in total. The Morgan fingerprint density at radius 2 is 1.94 bits per heavy atom. The van der Waals surface area contributed by atoms with E-state index in [2.05, 4.69) is 76.4 Å². The molecule has 0 unspecified atom stereocenters. The predicted octanol–water partition coefficient (Wildman–Crippen LogP) is 7.79. The van der Waals surface area contributed by atoms with Crippen molar-refractivity contribution in [1.82, 2.24) is 0 Å². The summed E-state index contributed by atoms with van der Waals surface area (Å²) in [5, 5.41) is 3.64. The number of hydrogen-bond acceptors (Lipinski definition) is 4. The minimum absolute atomic E-state index is 0.0280. The molecule has 1 fully saturated rings. The first kappa shape index (κ1) is 25.8. The summed E-state index contributed by atoms with van der Waals surface area (Å²) in [6, 6.07) is 12.9. The van der Waals surface area contributed by atoms with Gasteiger partial charge in [0.2, 0.25) is 5.91 Å². The fraction of sp³-hybridized carbons (Fsp3) is 0.519. The number of aryl methyl sites for hydroxylation is 1. The maximum absolute atomic E-state index is 11.8. The first-order chi connectivity index (χ1) is 15.9. The van der Waals surface area contributed by atoms with Crippen molar-refractivity contribution in [2.45, 2.75) is 93.0 Å². The third-order valence-electron chi connectivity index (χ3n) is 7.41. The zero-order valence-corrected chi connectivity index (χ0v) is 23.7. The molecule has 0 aromatic heterocycles. The number of halogens is 1.